The summed E-state index contributed by atoms with van der Waals surface area (Å²) in [5.41, 5.74) is 0.508. The highest BCUT2D eigenvalue weighted by Crippen LogP contribution is 2.12. The van der Waals surface area contributed by atoms with E-state index in [1.807, 2.05) is 0 Å². The third kappa shape index (κ3) is 3.18. The van der Waals surface area contributed by atoms with Crippen molar-refractivity contribution in [2.75, 3.05) is 11.9 Å². The van der Waals surface area contributed by atoms with E-state index in [0.717, 1.165) is 19.4 Å². The summed E-state index contributed by atoms with van der Waals surface area (Å²) in [5.74, 6) is -0.426. The van der Waals surface area contributed by atoms with E-state index in [1.54, 1.807) is 12.1 Å². The Bertz CT molecular complexity index is 367. The Morgan fingerprint density at radius 2 is 2.31 bits per heavy atom. The Labute approximate surface area is 99.8 Å². The van der Waals surface area contributed by atoms with Crippen LogP contribution in [0.15, 0.2) is 24.3 Å². The van der Waals surface area contributed by atoms with E-state index in [1.165, 1.54) is 12.1 Å². The SMILES string of the molecule is Cl.O=C(Nc1cccc(F)c1)[C@@H]1CCCN1. The molecule has 1 aromatic carbocycles. The maximum absolute atomic E-state index is 12.8. The van der Waals surface area contributed by atoms with Gasteiger partial charge >= 0.3 is 0 Å². The first kappa shape index (κ1) is 12.9. The van der Waals surface area contributed by atoms with Crippen molar-refractivity contribution in [1.82, 2.24) is 5.32 Å². The van der Waals surface area contributed by atoms with E-state index in [-0.39, 0.29) is 30.2 Å². The van der Waals surface area contributed by atoms with Crippen molar-refractivity contribution in [3.05, 3.63) is 30.1 Å². The molecule has 0 saturated carbocycles. The number of carbonyl (C=O) groups excluding carboxylic acids is 1. The van der Waals surface area contributed by atoms with Gasteiger partial charge in [-0.15, -0.1) is 12.4 Å². The number of nitrogens with one attached hydrogen (secondary N) is 2. The van der Waals surface area contributed by atoms with Crippen molar-refractivity contribution in [1.29, 1.82) is 0 Å². The van der Waals surface area contributed by atoms with Gasteiger partial charge in [-0.3, -0.25) is 4.79 Å². The molecule has 1 aromatic rings. The van der Waals surface area contributed by atoms with Gasteiger partial charge in [0.25, 0.3) is 0 Å². The summed E-state index contributed by atoms with van der Waals surface area (Å²) in [6, 6.07) is 5.78. The van der Waals surface area contributed by atoms with E-state index in [4.69, 9.17) is 0 Å². The van der Waals surface area contributed by atoms with Gasteiger partial charge in [-0.1, -0.05) is 6.07 Å². The van der Waals surface area contributed by atoms with E-state index in [0.29, 0.717) is 5.69 Å². The van der Waals surface area contributed by atoms with Gasteiger partial charge in [-0.2, -0.15) is 0 Å². The first-order valence-corrected chi connectivity index (χ1v) is 5.05. The van der Waals surface area contributed by atoms with Crippen LogP contribution >= 0.6 is 12.4 Å². The largest absolute Gasteiger partial charge is 0.325 e. The van der Waals surface area contributed by atoms with Crippen LogP contribution in [0.1, 0.15) is 12.8 Å². The van der Waals surface area contributed by atoms with Crippen molar-refractivity contribution in [3.8, 4) is 0 Å². The van der Waals surface area contributed by atoms with E-state index < -0.39 is 0 Å². The van der Waals surface area contributed by atoms with Gasteiger partial charge in [0.2, 0.25) is 5.91 Å². The molecule has 0 unspecified atom stereocenters. The molecule has 1 aliphatic heterocycles. The number of anilines is 1. The summed E-state index contributed by atoms with van der Waals surface area (Å²) in [6.45, 7) is 0.876. The summed E-state index contributed by atoms with van der Waals surface area (Å²) >= 11 is 0. The predicted molar refractivity (Wildman–Crippen MR) is 63.3 cm³/mol. The highest BCUT2D eigenvalue weighted by atomic mass is 35.5. The number of rotatable bonds is 2. The first-order valence-electron chi connectivity index (χ1n) is 5.05. The summed E-state index contributed by atoms with van der Waals surface area (Å²) < 4.78 is 12.8. The van der Waals surface area contributed by atoms with E-state index >= 15 is 0 Å². The van der Waals surface area contributed by atoms with Crippen LogP contribution < -0.4 is 10.6 Å². The van der Waals surface area contributed by atoms with Crippen molar-refractivity contribution in [3.63, 3.8) is 0 Å². The molecule has 1 heterocycles. The number of hydrogen-bond acceptors (Lipinski definition) is 2. The van der Waals surface area contributed by atoms with E-state index in [2.05, 4.69) is 10.6 Å². The minimum atomic E-state index is -0.341. The molecular weight excluding hydrogens is 231 g/mol. The Morgan fingerprint density at radius 1 is 1.50 bits per heavy atom. The zero-order chi connectivity index (χ0) is 10.7. The van der Waals surface area contributed by atoms with Gasteiger partial charge in [0.05, 0.1) is 6.04 Å². The minimum Gasteiger partial charge on any atom is -0.325 e. The Kier molecular flexibility index (Phi) is 4.71. The van der Waals surface area contributed by atoms with Crippen LogP contribution in [-0.4, -0.2) is 18.5 Å². The van der Waals surface area contributed by atoms with Gasteiger partial charge in [-0.05, 0) is 37.6 Å². The number of hydrogen-bond donors (Lipinski definition) is 2. The number of amides is 1. The lowest BCUT2D eigenvalue weighted by Gasteiger charge is -2.10. The first-order chi connectivity index (χ1) is 7.25. The molecule has 1 fully saturated rings. The molecule has 2 rings (SSSR count). The Hall–Kier alpha value is -1.13. The summed E-state index contributed by atoms with van der Waals surface area (Å²) in [5, 5.41) is 5.77. The minimum absolute atomic E-state index is 0. The fourth-order valence-corrected chi connectivity index (χ4v) is 1.70. The molecule has 1 amide bonds. The third-order valence-electron chi connectivity index (χ3n) is 2.47. The Balaban J connectivity index is 0.00000128. The molecular formula is C11H14ClFN2O. The maximum atomic E-state index is 12.8. The van der Waals surface area contributed by atoms with Gasteiger partial charge in [0.15, 0.2) is 0 Å². The van der Waals surface area contributed by atoms with Crippen LogP contribution in [0, 0.1) is 5.82 Å². The van der Waals surface area contributed by atoms with Crippen molar-refractivity contribution < 1.29 is 9.18 Å². The second-order valence-electron chi connectivity index (χ2n) is 3.65. The molecule has 0 aliphatic carbocycles. The summed E-state index contributed by atoms with van der Waals surface area (Å²) in [4.78, 5) is 11.6. The molecule has 3 nitrogen and oxygen atoms in total. The van der Waals surface area contributed by atoms with Crippen molar-refractivity contribution >= 4 is 24.0 Å². The van der Waals surface area contributed by atoms with Gasteiger partial charge < -0.3 is 10.6 Å². The quantitative estimate of drug-likeness (QED) is 0.835. The fourth-order valence-electron chi connectivity index (χ4n) is 1.70. The standard InChI is InChI=1S/C11H13FN2O.ClH/c12-8-3-1-4-9(7-8)14-11(15)10-5-2-6-13-10;/h1,3-4,7,10,13H,2,5-6H2,(H,14,15);1H/t10-;/m0./s1. The molecule has 88 valence electrons. The summed E-state index contributed by atoms with van der Waals surface area (Å²) in [7, 11) is 0. The molecule has 2 N–H and O–H groups in total. The zero-order valence-corrected chi connectivity index (χ0v) is 9.52. The normalized spacial score (nSPS) is 18.9. The van der Waals surface area contributed by atoms with Crippen molar-refractivity contribution in [2.45, 2.75) is 18.9 Å². The second kappa shape index (κ2) is 5.82. The van der Waals surface area contributed by atoms with Crippen LogP contribution in [0.2, 0.25) is 0 Å². The van der Waals surface area contributed by atoms with Crippen LogP contribution in [-0.2, 0) is 4.79 Å². The Morgan fingerprint density at radius 3 is 2.94 bits per heavy atom. The van der Waals surface area contributed by atoms with Crippen LogP contribution in [0.4, 0.5) is 10.1 Å². The number of benzene rings is 1. The summed E-state index contributed by atoms with van der Waals surface area (Å²) in [6.07, 6.45) is 1.86. The van der Waals surface area contributed by atoms with E-state index in [9.17, 15) is 9.18 Å². The molecule has 1 atom stereocenters. The predicted octanol–water partition coefficient (Wildman–Crippen LogP) is 1.94. The molecule has 1 saturated heterocycles. The average molecular weight is 245 g/mol. The fraction of sp³-hybridized carbons (Fsp3) is 0.364. The number of carbonyl (C=O) groups is 1. The van der Waals surface area contributed by atoms with Gasteiger partial charge in [-0.25, -0.2) is 4.39 Å². The van der Waals surface area contributed by atoms with Crippen LogP contribution in [0.5, 0.6) is 0 Å². The van der Waals surface area contributed by atoms with Gasteiger partial charge in [0, 0.05) is 5.69 Å². The molecule has 0 radical (unpaired) electrons. The molecule has 5 heteroatoms. The molecule has 0 spiro atoms. The molecule has 1 aliphatic rings. The monoisotopic (exact) mass is 244 g/mol. The smallest absolute Gasteiger partial charge is 0.241 e. The van der Waals surface area contributed by atoms with Crippen LogP contribution in [0.25, 0.3) is 0 Å². The number of halogens is 2. The van der Waals surface area contributed by atoms with Crippen molar-refractivity contribution in [2.24, 2.45) is 0 Å². The second-order valence-corrected chi connectivity index (χ2v) is 3.65. The molecule has 16 heavy (non-hydrogen) atoms. The highest BCUT2D eigenvalue weighted by Gasteiger charge is 2.21. The lowest BCUT2D eigenvalue weighted by Crippen LogP contribution is -2.35. The zero-order valence-electron chi connectivity index (χ0n) is 8.70. The van der Waals surface area contributed by atoms with Crippen LogP contribution in [0.3, 0.4) is 0 Å². The molecule has 0 aromatic heterocycles. The molecule has 0 bridgehead atoms. The highest BCUT2D eigenvalue weighted by molar-refractivity contribution is 5.94. The topological polar surface area (TPSA) is 41.1 Å². The average Bonchev–Trinajstić information content (AvgIpc) is 2.70. The third-order valence-corrected chi connectivity index (χ3v) is 2.47. The lowest BCUT2D eigenvalue weighted by molar-refractivity contribution is -0.117. The maximum Gasteiger partial charge on any atom is 0.241 e. The lowest BCUT2D eigenvalue weighted by atomic mass is 10.2. The van der Waals surface area contributed by atoms with Gasteiger partial charge in [0.1, 0.15) is 5.82 Å².